The zero-order valence-electron chi connectivity index (χ0n) is 10.1. The highest BCUT2D eigenvalue weighted by Crippen LogP contribution is 2.24. The van der Waals surface area contributed by atoms with Crippen LogP contribution < -0.4 is 0 Å². The van der Waals surface area contributed by atoms with E-state index in [-0.39, 0.29) is 0 Å². The molecule has 0 saturated heterocycles. The van der Waals surface area contributed by atoms with Gasteiger partial charge in [-0.1, -0.05) is 49.6 Å². The first-order valence-corrected chi connectivity index (χ1v) is 6.35. The van der Waals surface area contributed by atoms with Crippen molar-refractivity contribution in [3.63, 3.8) is 0 Å². The first-order valence-electron chi connectivity index (χ1n) is 6.35. The maximum absolute atomic E-state index is 3.46. The molecule has 0 aromatic heterocycles. The molecule has 1 fully saturated rings. The Kier molecular flexibility index (Phi) is 4.02. The van der Waals surface area contributed by atoms with E-state index in [9.17, 15) is 0 Å². The molecule has 0 aliphatic heterocycles. The monoisotopic (exact) mass is 212 g/mol. The Morgan fingerprint density at radius 2 is 1.81 bits per heavy atom. The highest BCUT2D eigenvalue weighted by atomic mass is 14.1. The molecule has 84 valence electrons. The summed E-state index contributed by atoms with van der Waals surface area (Å²) in [6, 6.07) is 10.5. The molecule has 0 radical (unpaired) electrons. The molecule has 0 nitrogen and oxygen atoms in total. The Morgan fingerprint density at radius 3 is 2.50 bits per heavy atom. The van der Waals surface area contributed by atoms with Crippen LogP contribution in [0.3, 0.4) is 0 Å². The molecule has 2 rings (SSSR count). The van der Waals surface area contributed by atoms with Crippen molar-refractivity contribution in [2.45, 2.75) is 39.0 Å². The van der Waals surface area contributed by atoms with Gasteiger partial charge in [0.25, 0.3) is 0 Å². The van der Waals surface area contributed by atoms with Crippen LogP contribution in [0.25, 0.3) is 5.57 Å². The molecule has 0 unspecified atom stereocenters. The second-order valence-electron chi connectivity index (χ2n) is 4.70. The molecule has 0 bridgehead atoms. The quantitative estimate of drug-likeness (QED) is 0.616. The standard InChI is InChI=1S/C16H20/c1-14(16-10-6-3-7-11-16)12-13-15-8-4-2-5-9-15/h3,6-7,10-11,13,15H,2,4-5,8-9H2,1H3. The normalized spacial score (nSPS) is 16.6. The lowest BCUT2D eigenvalue weighted by molar-refractivity contribution is 0.420. The highest BCUT2D eigenvalue weighted by Gasteiger charge is 2.09. The summed E-state index contributed by atoms with van der Waals surface area (Å²) in [6.07, 6.45) is 9.22. The fourth-order valence-corrected chi connectivity index (χ4v) is 2.32. The minimum Gasteiger partial charge on any atom is -0.121 e. The number of allylic oxidation sites excluding steroid dienone is 1. The summed E-state index contributed by atoms with van der Waals surface area (Å²) in [4.78, 5) is 0. The molecule has 1 aliphatic rings. The van der Waals surface area contributed by atoms with E-state index in [0.717, 1.165) is 5.92 Å². The number of benzene rings is 1. The summed E-state index contributed by atoms with van der Waals surface area (Å²) < 4.78 is 0. The second-order valence-corrected chi connectivity index (χ2v) is 4.70. The van der Waals surface area contributed by atoms with Crippen molar-refractivity contribution in [1.29, 1.82) is 0 Å². The van der Waals surface area contributed by atoms with E-state index < -0.39 is 0 Å². The summed E-state index contributed by atoms with van der Waals surface area (Å²) in [5, 5.41) is 0. The number of hydrogen-bond donors (Lipinski definition) is 0. The summed E-state index contributed by atoms with van der Waals surface area (Å²) in [5.74, 6) is 0.771. The highest BCUT2D eigenvalue weighted by molar-refractivity contribution is 5.62. The van der Waals surface area contributed by atoms with Crippen LogP contribution in [0.4, 0.5) is 0 Å². The molecule has 0 amide bonds. The largest absolute Gasteiger partial charge is 0.121 e. The van der Waals surface area contributed by atoms with E-state index in [1.54, 1.807) is 0 Å². The minimum atomic E-state index is 0.771. The lowest BCUT2D eigenvalue weighted by Gasteiger charge is -2.16. The summed E-state index contributed by atoms with van der Waals surface area (Å²) >= 11 is 0. The molecular weight excluding hydrogens is 192 g/mol. The van der Waals surface area contributed by atoms with Gasteiger partial charge < -0.3 is 0 Å². The molecule has 1 aromatic rings. The third kappa shape index (κ3) is 3.12. The fourth-order valence-electron chi connectivity index (χ4n) is 2.32. The van der Waals surface area contributed by atoms with Crippen LogP contribution in [0, 0.1) is 5.92 Å². The van der Waals surface area contributed by atoms with Crippen molar-refractivity contribution >= 4 is 5.57 Å². The molecule has 16 heavy (non-hydrogen) atoms. The average Bonchev–Trinajstić information content (AvgIpc) is 2.38. The molecule has 0 heterocycles. The zero-order chi connectivity index (χ0) is 11.2. The third-order valence-electron chi connectivity index (χ3n) is 3.39. The first kappa shape index (κ1) is 11.2. The molecular formula is C16H20. The fraction of sp³-hybridized carbons (Fsp3) is 0.438. The Labute approximate surface area is 98.7 Å². The van der Waals surface area contributed by atoms with Crippen LogP contribution in [0.2, 0.25) is 0 Å². The molecule has 1 saturated carbocycles. The van der Waals surface area contributed by atoms with E-state index in [1.165, 1.54) is 43.2 Å². The Bertz CT molecular complexity index is 374. The van der Waals surface area contributed by atoms with Gasteiger partial charge in [0.1, 0.15) is 0 Å². The van der Waals surface area contributed by atoms with Crippen LogP contribution in [0.5, 0.6) is 0 Å². The van der Waals surface area contributed by atoms with Gasteiger partial charge in [0.15, 0.2) is 0 Å². The van der Waals surface area contributed by atoms with Gasteiger partial charge in [-0.25, -0.2) is 0 Å². The van der Waals surface area contributed by atoms with Crippen molar-refractivity contribution in [1.82, 2.24) is 0 Å². The summed E-state index contributed by atoms with van der Waals surface area (Å²) in [7, 11) is 0. The van der Waals surface area contributed by atoms with Gasteiger partial charge in [-0.05, 0) is 42.9 Å². The third-order valence-corrected chi connectivity index (χ3v) is 3.39. The predicted octanol–water partition coefficient (Wildman–Crippen LogP) is 4.83. The van der Waals surface area contributed by atoms with E-state index >= 15 is 0 Å². The Balaban J connectivity index is 2.08. The Morgan fingerprint density at radius 1 is 1.12 bits per heavy atom. The molecule has 0 spiro atoms. The number of hydrogen-bond acceptors (Lipinski definition) is 0. The van der Waals surface area contributed by atoms with Crippen LogP contribution >= 0.6 is 0 Å². The summed E-state index contributed by atoms with van der Waals surface area (Å²) in [5.41, 5.74) is 6.00. The van der Waals surface area contributed by atoms with E-state index in [4.69, 9.17) is 0 Å². The SMILES string of the molecule is CC(=C=CC1CCCCC1)c1ccccc1. The van der Waals surface area contributed by atoms with Crippen molar-refractivity contribution in [3.05, 3.63) is 47.7 Å². The second kappa shape index (κ2) is 5.72. The first-order chi connectivity index (χ1) is 7.86. The molecule has 1 aromatic carbocycles. The van der Waals surface area contributed by atoms with Crippen molar-refractivity contribution < 1.29 is 0 Å². The van der Waals surface area contributed by atoms with Gasteiger partial charge in [0.2, 0.25) is 0 Å². The van der Waals surface area contributed by atoms with Gasteiger partial charge >= 0.3 is 0 Å². The predicted molar refractivity (Wildman–Crippen MR) is 70.2 cm³/mol. The molecule has 1 aliphatic carbocycles. The molecule has 0 heteroatoms. The van der Waals surface area contributed by atoms with Gasteiger partial charge in [-0.15, -0.1) is 5.73 Å². The van der Waals surface area contributed by atoms with E-state index in [1.807, 2.05) is 0 Å². The lowest BCUT2D eigenvalue weighted by atomic mass is 9.89. The maximum Gasteiger partial charge on any atom is -0.00223 e. The van der Waals surface area contributed by atoms with Crippen LogP contribution in [-0.4, -0.2) is 0 Å². The molecule has 0 atom stereocenters. The van der Waals surface area contributed by atoms with Crippen LogP contribution in [0.15, 0.2) is 42.1 Å². The lowest BCUT2D eigenvalue weighted by Crippen LogP contribution is -2.01. The Hall–Kier alpha value is -1.26. The van der Waals surface area contributed by atoms with Gasteiger partial charge in [0, 0.05) is 0 Å². The van der Waals surface area contributed by atoms with E-state index in [2.05, 4.69) is 49.1 Å². The molecule has 0 N–H and O–H groups in total. The van der Waals surface area contributed by atoms with Gasteiger partial charge in [-0.3, -0.25) is 0 Å². The van der Waals surface area contributed by atoms with Crippen molar-refractivity contribution in [3.8, 4) is 0 Å². The van der Waals surface area contributed by atoms with Gasteiger partial charge in [0.05, 0.1) is 0 Å². The van der Waals surface area contributed by atoms with Crippen molar-refractivity contribution in [2.24, 2.45) is 5.92 Å². The van der Waals surface area contributed by atoms with Crippen LogP contribution in [0.1, 0.15) is 44.6 Å². The average molecular weight is 212 g/mol. The van der Waals surface area contributed by atoms with Crippen LogP contribution in [-0.2, 0) is 0 Å². The summed E-state index contributed by atoms with van der Waals surface area (Å²) in [6.45, 7) is 2.15. The topological polar surface area (TPSA) is 0 Å². The smallest absolute Gasteiger partial charge is 0.00223 e. The van der Waals surface area contributed by atoms with Gasteiger partial charge in [-0.2, -0.15) is 0 Å². The number of rotatable bonds is 2. The van der Waals surface area contributed by atoms with E-state index in [0.29, 0.717) is 0 Å². The van der Waals surface area contributed by atoms with Crippen molar-refractivity contribution in [2.75, 3.05) is 0 Å². The maximum atomic E-state index is 3.46. The minimum absolute atomic E-state index is 0.771. The zero-order valence-corrected chi connectivity index (χ0v) is 10.1.